The molecule has 0 saturated carbocycles. The SMILES string of the molecule is COC(=O)c1ccc(C)c(NS(=O)(=O)N2CCNCC2)c1. The second kappa shape index (κ2) is 6.42. The Labute approximate surface area is 124 Å². The van der Waals surface area contributed by atoms with Gasteiger partial charge in [0.15, 0.2) is 0 Å². The number of rotatable bonds is 4. The standard InChI is InChI=1S/C13H19N3O4S/c1-10-3-4-11(13(17)20-2)9-12(10)15-21(18,19)16-7-5-14-6-8-16/h3-4,9,14-15H,5-8H2,1-2H3. The van der Waals surface area contributed by atoms with Crippen LogP contribution in [-0.4, -0.2) is 52.0 Å². The van der Waals surface area contributed by atoms with Crippen LogP contribution >= 0.6 is 0 Å². The molecule has 0 spiro atoms. The summed E-state index contributed by atoms with van der Waals surface area (Å²) in [7, 11) is -2.33. The average molecular weight is 313 g/mol. The van der Waals surface area contributed by atoms with Crippen molar-refractivity contribution in [2.75, 3.05) is 38.0 Å². The molecule has 2 N–H and O–H groups in total. The first-order valence-corrected chi connectivity index (χ1v) is 8.05. The summed E-state index contributed by atoms with van der Waals surface area (Å²) in [5.41, 5.74) is 1.43. The molecule has 0 bridgehead atoms. The van der Waals surface area contributed by atoms with Crippen LogP contribution in [0.5, 0.6) is 0 Å². The first-order chi connectivity index (χ1) is 9.94. The average Bonchev–Trinajstić information content (AvgIpc) is 2.49. The summed E-state index contributed by atoms with van der Waals surface area (Å²) in [6, 6.07) is 4.77. The number of ether oxygens (including phenoxy) is 1. The zero-order chi connectivity index (χ0) is 15.5. The monoisotopic (exact) mass is 313 g/mol. The van der Waals surface area contributed by atoms with Crippen molar-refractivity contribution in [1.29, 1.82) is 0 Å². The first-order valence-electron chi connectivity index (χ1n) is 6.61. The third-order valence-electron chi connectivity index (χ3n) is 3.31. The van der Waals surface area contributed by atoms with Gasteiger partial charge in [-0.15, -0.1) is 0 Å². The Morgan fingerprint density at radius 3 is 2.62 bits per heavy atom. The summed E-state index contributed by atoms with van der Waals surface area (Å²) in [6.07, 6.45) is 0. The van der Waals surface area contributed by atoms with Crippen molar-refractivity contribution in [3.05, 3.63) is 29.3 Å². The van der Waals surface area contributed by atoms with Gasteiger partial charge in [0, 0.05) is 26.2 Å². The van der Waals surface area contributed by atoms with Crippen LogP contribution in [0.15, 0.2) is 18.2 Å². The molecule has 0 aliphatic carbocycles. The number of carbonyl (C=O) groups excluding carboxylic acids is 1. The number of piperazine rings is 1. The normalized spacial score (nSPS) is 16.5. The Balaban J connectivity index is 2.23. The van der Waals surface area contributed by atoms with E-state index in [0.29, 0.717) is 37.4 Å². The van der Waals surface area contributed by atoms with Crippen molar-refractivity contribution in [3.63, 3.8) is 0 Å². The maximum Gasteiger partial charge on any atom is 0.337 e. The van der Waals surface area contributed by atoms with Crippen LogP contribution < -0.4 is 10.0 Å². The predicted octanol–water partition coefficient (Wildman–Crippen LogP) is 0.344. The van der Waals surface area contributed by atoms with Crippen molar-refractivity contribution in [3.8, 4) is 0 Å². The summed E-state index contributed by atoms with van der Waals surface area (Å²) in [6.45, 7) is 3.87. The highest BCUT2D eigenvalue weighted by Gasteiger charge is 2.24. The van der Waals surface area contributed by atoms with E-state index in [1.807, 2.05) is 0 Å². The van der Waals surface area contributed by atoms with Gasteiger partial charge in [-0.25, -0.2) is 4.79 Å². The van der Waals surface area contributed by atoms with Gasteiger partial charge in [-0.2, -0.15) is 12.7 Å². The minimum atomic E-state index is -3.62. The molecule has 0 atom stereocenters. The molecule has 1 aliphatic rings. The highest BCUT2D eigenvalue weighted by atomic mass is 32.2. The summed E-state index contributed by atoms with van der Waals surface area (Å²) in [4.78, 5) is 11.5. The fourth-order valence-corrected chi connectivity index (χ4v) is 3.36. The third-order valence-corrected chi connectivity index (χ3v) is 4.84. The van der Waals surface area contributed by atoms with Crippen LogP contribution in [0.25, 0.3) is 0 Å². The summed E-state index contributed by atoms with van der Waals surface area (Å²) >= 11 is 0. The number of methoxy groups -OCH3 is 1. The Bertz CT molecular complexity index is 624. The largest absolute Gasteiger partial charge is 0.465 e. The number of nitrogens with one attached hydrogen (secondary N) is 2. The van der Waals surface area contributed by atoms with Crippen LogP contribution in [0.2, 0.25) is 0 Å². The number of hydrogen-bond donors (Lipinski definition) is 2. The van der Waals surface area contributed by atoms with Gasteiger partial charge in [0.2, 0.25) is 0 Å². The number of hydrogen-bond acceptors (Lipinski definition) is 5. The highest BCUT2D eigenvalue weighted by molar-refractivity contribution is 7.90. The van der Waals surface area contributed by atoms with Gasteiger partial charge in [0.25, 0.3) is 0 Å². The second-order valence-corrected chi connectivity index (χ2v) is 6.45. The molecule has 1 saturated heterocycles. The second-order valence-electron chi connectivity index (χ2n) is 4.78. The first kappa shape index (κ1) is 15.7. The van der Waals surface area contributed by atoms with Crippen molar-refractivity contribution in [2.24, 2.45) is 0 Å². The Hall–Kier alpha value is -1.64. The molecule has 0 radical (unpaired) electrons. The van der Waals surface area contributed by atoms with Gasteiger partial charge in [-0.05, 0) is 24.6 Å². The van der Waals surface area contributed by atoms with Crippen LogP contribution in [0.3, 0.4) is 0 Å². The van der Waals surface area contributed by atoms with E-state index in [9.17, 15) is 13.2 Å². The van der Waals surface area contributed by atoms with E-state index in [-0.39, 0.29) is 0 Å². The molecule has 8 heteroatoms. The van der Waals surface area contributed by atoms with Gasteiger partial charge in [0.05, 0.1) is 18.4 Å². The number of benzene rings is 1. The van der Waals surface area contributed by atoms with E-state index in [1.165, 1.54) is 17.5 Å². The Morgan fingerprint density at radius 1 is 1.33 bits per heavy atom. The molecule has 1 fully saturated rings. The third kappa shape index (κ3) is 3.72. The molecule has 0 amide bonds. The van der Waals surface area contributed by atoms with Gasteiger partial charge < -0.3 is 10.1 Å². The smallest absolute Gasteiger partial charge is 0.337 e. The Kier molecular flexibility index (Phi) is 4.81. The fraction of sp³-hybridized carbons (Fsp3) is 0.462. The maximum absolute atomic E-state index is 12.3. The summed E-state index contributed by atoms with van der Waals surface area (Å²) in [5.74, 6) is -0.502. The topological polar surface area (TPSA) is 87.7 Å². The summed E-state index contributed by atoms with van der Waals surface area (Å²) < 4.78 is 33.2. The quantitative estimate of drug-likeness (QED) is 0.783. The van der Waals surface area contributed by atoms with Gasteiger partial charge in [-0.1, -0.05) is 6.07 Å². The molecule has 7 nitrogen and oxygen atoms in total. The number of carbonyl (C=O) groups is 1. The number of anilines is 1. The van der Waals surface area contributed by atoms with E-state index >= 15 is 0 Å². The molecular formula is C13H19N3O4S. The zero-order valence-electron chi connectivity index (χ0n) is 12.0. The number of nitrogens with zero attached hydrogens (tertiary/aromatic N) is 1. The maximum atomic E-state index is 12.3. The van der Waals surface area contributed by atoms with Gasteiger partial charge in [-0.3, -0.25) is 4.72 Å². The van der Waals surface area contributed by atoms with E-state index in [4.69, 9.17) is 0 Å². The minimum Gasteiger partial charge on any atom is -0.465 e. The highest BCUT2D eigenvalue weighted by Crippen LogP contribution is 2.20. The fourth-order valence-electron chi connectivity index (χ4n) is 2.06. The van der Waals surface area contributed by atoms with Crippen molar-refractivity contribution in [2.45, 2.75) is 6.92 Å². The van der Waals surface area contributed by atoms with Crippen LogP contribution in [0.4, 0.5) is 5.69 Å². The van der Waals surface area contributed by atoms with Crippen molar-refractivity contribution < 1.29 is 17.9 Å². The molecular weight excluding hydrogens is 294 g/mol. The lowest BCUT2D eigenvalue weighted by atomic mass is 10.1. The minimum absolute atomic E-state index is 0.307. The number of aryl methyl sites for hydroxylation is 1. The molecule has 21 heavy (non-hydrogen) atoms. The van der Waals surface area contributed by atoms with E-state index < -0.39 is 16.2 Å². The van der Waals surface area contributed by atoms with Crippen molar-refractivity contribution >= 4 is 21.9 Å². The summed E-state index contributed by atoms with van der Waals surface area (Å²) in [5, 5.41) is 3.10. The molecule has 116 valence electrons. The van der Waals surface area contributed by atoms with E-state index in [2.05, 4.69) is 14.8 Å². The van der Waals surface area contributed by atoms with Gasteiger partial charge >= 0.3 is 16.2 Å². The van der Waals surface area contributed by atoms with E-state index in [0.717, 1.165) is 5.56 Å². The number of esters is 1. The lowest BCUT2D eigenvalue weighted by Gasteiger charge is -2.27. The molecule has 1 aliphatic heterocycles. The lowest BCUT2D eigenvalue weighted by Crippen LogP contribution is -2.48. The predicted molar refractivity (Wildman–Crippen MR) is 79.5 cm³/mol. The molecule has 1 heterocycles. The van der Waals surface area contributed by atoms with Crippen LogP contribution in [0, 0.1) is 6.92 Å². The molecule has 2 rings (SSSR count). The lowest BCUT2D eigenvalue weighted by molar-refractivity contribution is 0.0601. The van der Waals surface area contributed by atoms with Gasteiger partial charge in [0.1, 0.15) is 0 Å². The molecule has 0 aromatic heterocycles. The Morgan fingerprint density at radius 2 is 2.00 bits per heavy atom. The van der Waals surface area contributed by atoms with Crippen LogP contribution in [0.1, 0.15) is 15.9 Å². The van der Waals surface area contributed by atoms with Crippen molar-refractivity contribution in [1.82, 2.24) is 9.62 Å². The molecule has 1 aromatic rings. The van der Waals surface area contributed by atoms with E-state index in [1.54, 1.807) is 19.1 Å². The van der Waals surface area contributed by atoms with Crippen LogP contribution in [-0.2, 0) is 14.9 Å². The zero-order valence-corrected chi connectivity index (χ0v) is 12.9. The molecule has 0 unspecified atom stereocenters. The molecule has 1 aromatic carbocycles.